The Hall–Kier alpha value is -3.36. The summed E-state index contributed by atoms with van der Waals surface area (Å²) in [4.78, 5) is 25.9. The smallest absolute Gasteiger partial charge is 0.341 e. The van der Waals surface area contributed by atoms with Crippen LogP contribution in [0.4, 0.5) is 4.39 Å². The van der Waals surface area contributed by atoms with Gasteiger partial charge in [0.1, 0.15) is 11.6 Å². The maximum Gasteiger partial charge on any atom is 0.341 e. The number of halogens is 1. The van der Waals surface area contributed by atoms with Gasteiger partial charge in [0.15, 0.2) is 6.61 Å². The molecule has 0 radical (unpaired) electrons. The van der Waals surface area contributed by atoms with E-state index in [9.17, 15) is 14.0 Å². The van der Waals surface area contributed by atoms with E-state index in [4.69, 9.17) is 9.84 Å². The van der Waals surface area contributed by atoms with Gasteiger partial charge in [-0.15, -0.1) is 0 Å². The number of ether oxygens (including phenoxy) is 1. The Bertz CT molecular complexity index is 1140. The van der Waals surface area contributed by atoms with E-state index in [-0.39, 0.29) is 11.7 Å². The van der Waals surface area contributed by atoms with Gasteiger partial charge in [-0.3, -0.25) is 4.79 Å². The van der Waals surface area contributed by atoms with E-state index in [0.717, 1.165) is 16.0 Å². The zero-order valence-electron chi connectivity index (χ0n) is 18.6. The largest absolute Gasteiger partial charge is 0.481 e. The predicted octanol–water partition coefficient (Wildman–Crippen LogP) is 4.80. The maximum absolute atomic E-state index is 13.2. The van der Waals surface area contributed by atoms with Crippen LogP contribution in [0, 0.1) is 5.82 Å². The molecule has 3 aromatic carbocycles. The highest BCUT2D eigenvalue weighted by atomic mass is 32.2. The molecule has 0 heterocycles. The number of benzene rings is 3. The minimum Gasteiger partial charge on any atom is -0.481 e. The Balaban J connectivity index is 1.89. The first-order chi connectivity index (χ1) is 15.7. The molecule has 0 saturated carbocycles. The normalized spacial score (nSPS) is 10.8. The van der Waals surface area contributed by atoms with Gasteiger partial charge in [-0.2, -0.15) is 0 Å². The van der Waals surface area contributed by atoms with Crippen molar-refractivity contribution in [2.45, 2.75) is 11.4 Å². The van der Waals surface area contributed by atoms with Gasteiger partial charge in [0.05, 0.1) is 0 Å². The average Bonchev–Trinajstić information content (AvgIpc) is 2.79. The van der Waals surface area contributed by atoms with Gasteiger partial charge >= 0.3 is 5.97 Å². The molecule has 1 N–H and O–H groups in total. The summed E-state index contributed by atoms with van der Waals surface area (Å²) >= 11 is 1.48. The van der Waals surface area contributed by atoms with E-state index < -0.39 is 12.6 Å². The van der Waals surface area contributed by atoms with E-state index >= 15 is 0 Å². The van der Waals surface area contributed by atoms with E-state index in [2.05, 4.69) is 0 Å². The van der Waals surface area contributed by atoms with Crippen molar-refractivity contribution in [1.82, 2.24) is 9.21 Å². The third-order valence-corrected chi connectivity index (χ3v) is 5.63. The Labute approximate surface area is 196 Å². The second kappa shape index (κ2) is 11.0. The van der Waals surface area contributed by atoms with Crippen LogP contribution < -0.4 is 4.74 Å². The van der Waals surface area contributed by atoms with Crippen LogP contribution in [-0.4, -0.2) is 53.9 Å². The first kappa shape index (κ1) is 24.3. The maximum atomic E-state index is 13.2. The molecule has 0 aromatic heterocycles. The van der Waals surface area contributed by atoms with Crippen molar-refractivity contribution in [3.05, 3.63) is 83.7 Å². The Morgan fingerprint density at radius 2 is 1.73 bits per heavy atom. The topological polar surface area (TPSA) is 70.1 Å². The quantitative estimate of drug-likeness (QED) is 0.455. The summed E-state index contributed by atoms with van der Waals surface area (Å²) in [5, 5.41) is 9.04. The van der Waals surface area contributed by atoms with Gasteiger partial charge < -0.3 is 14.7 Å². The van der Waals surface area contributed by atoms with Crippen LogP contribution >= 0.6 is 11.9 Å². The molecule has 3 aromatic rings. The van der Waals surface area contributed by atoms with Gasteiger partial charge in [0.2, 0.25) is 0 Å². The number of carboxylic acid groups (broad SMARTS) is 1. The third kappa shape index (κ3) is 6.81. The highest BCUT2D eigenvalue weighted by Crippen LogP contribution is 2.33. The molecule has 0 aliphatic rings. The number of amides is 1. The number of carboxylic acids is 1. The van der Waals surface area contributed by atoms with Crippen LogP contribution in [0.15, 0.2) is 71.6 Å². The van der Waals surface area contributed by atoms with Crippen molar-refractivity contribution >= 4 is 23.8 Å². The summed E-state index contributed by atoms with van der Waals surface area (Å²) in [7, 11) is 5.30. The fourth-order valence-electron chi connectivity index (χ4n) is 3.21. The molecule has 0 saturated heterocycles. The minimum atomic E-state index is -1.07. The molecule has 0 atom stereocenters. The van der Waals surface area contributed by atoms with Crippen LogP contribution in [0.1, 0.15) is 15.9 Å². The minimum absolute atomic E-state index is 0.128. The second-order valence-electron chi connectivity index (χ2n) is 7.62. The highest BCUT2D eigenvalue weighted by Gasteiger charge is 2.14. The standard InChI is InChI=1S/C25H25FN2O4S/c1-27(2)25(31)19-6-4-5-18(14-19)22-13-17(7-12-23(22)32-16-24(29)30)15-28(3)33-21-10-8-20(26)9-11-21/h4-14H,15-16H2,1-3H3,(H,29,30). The zero-order chi connectivity index (χ0) is 24.0. The number of rotatable bonds is 9. The molecular weight excluding hydrogens is 443 g/mol. The summed E-state index contributed by atoms with van der Waals surface area (Å²) < 4.78 is 20.7. The lowest BCUT2D eigenvalue weighted by Crippen LogP contribution is -2.21. The number of hydrogen-bond donors (Lipinski definition) is 1. The molecule has 172 valence electrons. The summed E-state index contributed by atoms with van der Waals surface area (Å²) in [6.07, 6.45) is 0. The van der Waals surface area contributed by atoms with Gasteiger partial charge in [0.25, 0.3) is 5.91 Å². The van der Waals surface area contributed by atoms with Crippen LogP contribution in [0.3, 0.4) is 0 Å². The van der Waals surface area contributed by atoms with Gasteiger partial charge in [-0.1, -0.05) is 18.2 Å². The molecule has 0 bridgehead atoms. The van der Waals surface area contributed by atoms with Crippen LogP contribution in [0.25, 0.3) is 11.1 Å². The van der Waals surface area contributed by atoms with Crippen LogP contribution in [0.5, 0.6) is 5.75 Å². The van der Waals surface area contributed by atoms with Crippen molar-refractivity contribution in [3.63, 3.8) is 0 Å². The Morgan fingerprint density at radius 1 is 1.00 bits per heavy atom. The third-order valence-electron chi connectivity index (χ3n) is 4.70. The highest BCUT2D eigenvalue weighted by molar-refractivity contribution is 7.97. The number of aliphatic carboxylic acids is 1. The molecule has 0 aliphatic heterocycles. The van der Waals surface area contributed by atoms with E-state index in [1.54, 1.807) is 50.5 Å². The lowest BCUT2D eigenvalue weighted by atomic mass is 9.99. The van der Waals surface area contributed by atoms with Crippen molar-refractivity contribution in [3.8, 4) is 16.9 Å². The molecule has 0 aliphatic carbocycles. The first-order valence-electron chi connectivity index (χ1n) is 10.2. The Kier molecular flexibility index (Phi) is 8.08. The van der Waals surface area contributed by atoms with Crippen molar-refractivity contribution in [2.75, 3.05) is 27.7 Å². The lowest BCUT2D eigenvalue weighted by molar-refractivity contribution is -0.139. The number of nitrogens with zero attached hydrogens (tertiary/aromatic N) is 2. The van der Waals surface area contributed by atoms with Crippen LogP contribution in [-0.2, 0) is 11.3 Å². The fourth-order valence-corrected chi connectivity index (χ4v) is 4.04. The number of carbonyl (C=O) groups excluding carboxylic acids is 1. The Morgan fingerprint density at radius 3 is 2.39 bits per heavy atom. The fraction of sp³-hybridized carbons (Fsp3) is 0.200. The SMILES string of the molecule is CN(Cc1ccc(OCC(=O)O)c(-c2cccc(C(=O)N(C)C)c2)c1)Sc1ccc(F)cc1. The van der Waals surface area contributed by atoms with Gasteiger partial charge in [-0.25, -0.2) is 13.5 Å². The van der Waals surface area contributed by atoms with Crippen molar-refractivity contribution in [2.24, 2.45) is 0 Å². The van der Waals surface area contributed by atoms with Crippen molar-refractivity contribution in [1.29, 1.82) is 0 Å². The predicted molar refractivity (Wildman–Crippen MR) is 127 cm³/mol. The molecular formula is C25H25FN2O4S. The number of carbonyl (C=O) groups is 2. The molecule has 33 heavy (non-hydrogen) atoms. The molecule has 6 nitrogen and oxygen atoms in total. The molecule has 0 spiro atoms. The monoisotopic (exact) mass is 468 g/mol. The van der Waals surface area contributed by atoms with E-state index in [0.29, 0.717) is 23.4 Å². The van der Waals surface area contributed by atoms with E-state index in [1.165, 1.54) is 29.0 Å². The van der Waals surface area contributed by atoms with Gasteiger partial charge in [0, 0.05) is 36.7 Å². The van der Waals surface area contributed by atoms with E-state index in [1.807, 2.05) is 29.6 Å². The molecule has 3 rings (SSSR count). The summed E-state index contributed by atoms with van der Waals surface area (Å²) in [5.41, 5.74) is 2.94. The molecule has 0 unspecified atom stereocenters. The molecule has 1 amide bonds. The van der Waals surface area contributed by atoms with Crippen molar-refractivity contribution < 1.29 is 23.8 Å². The summed E-state index contributed by atoms with van der Waals surface area (Å²) in [5.74, 6) is -1.06. The summed E-state index contributed by atoms with van der Waals surface area (Å²) in [6.45, 7) is 0.105. The number of hydrogen-bond acceptors (Lipinski definition) is 5. The van der Waals surface area contributed by atoms with Gasteiger partial charge in [-0.05, 0) is 78.7 Å². The second-order valence-corrected chi connectivity index (χ2v) is 8.90. The summed E-state index contributed by atoms with van der Waals surface area (Å²) in [6, 6.07) is 19.0. The molecule has 8 heteroatoms. The van der Waals surface area contributed by atoms with Crippen LogP contribution in [0.2, 0.25) is 0 Å². The average molecular weight is 469 g/mol. The lowest BCUT2D eigenvalue weighted by Gasteiger charge is -2.18. The molecule has 0 fully saturated rings. The zero-order valence-corrected chi connectivity index (χ0v) is 19.4. The first-order valence-corrected chi connectivity index (χ1v) is 10.9.